The molecule has 0 saturated carbocycles. The zero-order valence-corrected chi connectivity index (χ0v) is 12.6. The molecule has 1 atom stereocenters. The van der Waals surface area contributed by atoms with Gasteiger partial charge in [0.1, 0.15) is 5.76 Å². The zero-order chi connectivity index (χ0) is 15.0. The third kappa shape index (κ3) is 2.70. The molecule has 3 rings (SSSR count). The summed E-state index contributed by atoms with van der Waals surface area (Å²) in [5.74, 6) is 1.28. The topological polar surface area (TPSA) is 73.0 Å². The molecule has 0 spiro atoms. The van der Waals surface area contributed by atoms with E-state index in [9.17, 15) is 4.79 Å². The van der Waals surface area contributed by atoms with Crippen molar-refractivity contribution < 1.29 is 9.32 Å². The molecule has 0 radical (unpaired) electrons. The van der Waals surface area contributed by atoms with E-state index in [0.29, 0.717) is 18.2 Å². The van der Waals surface area contributed by atoms with Gasteiger partial charge in [-0.15, -0.1) is 0 Å². The molecule has 0 fully saturated rings. The molecular formula is C15H20N4O2. The van der Waals surface area contributed by atoms with Crippen molar-refractivity contribution in [2.24, 2.45) is 13.0 Å². The average Bonchev–Trinajstić information content (AvgIpc) is 2.99. The summed E-state index contributed by atoms with van der Waals surface area (Å²) in [6.45, 7) is 4.58. The van der Waals surface area contributed by atoms with Crippen LogP contribution in [0.15, 0.2) is 10.7 Å². The predicted octanol–water partition coefficient (Wildman–Crippen LogP) is 1.77. The van der Waals surface area contributed by atoms with Gasteiger partial charge in [-0.3, -0.25) is 9.48 Å². The van der Waals surface area contributed by atoms with E-state index in [1.165, 1.54) is 0 Å². The molecule has 6 nitrogen and oxygen atoms in total. The van der Waals surface area contributed by atoms with Crippen LogP contribution in [0.5, 0.6) is 0 Å². The summed E-state index contributed by atoms with van der Waals surface area (Å²) < 4.78 is 7.06. The highest BCUT2D eigenvalue weighted by atomic mass is 16.5. The molecule has 0 aliphatic heterocycles. The number of aromatic nitrogens is 3. The highest BCUT2D eigenvalue weighted by molar-refractivity contribution is 5.93. The maximum Gasteiger partial charge on any atom is 0.274 e. The number of amides is 1. The van der Waals surface area contributed by atoms with E-state index in [1.807, 2.05) is 20.2 Å². The molecule has 2 aromatic rings. The molecule has 0 saturated heterocycles. The number of carbonyl (C=O) groups excluding carboxylic acids is 1. The number of hydrogen-bond donors (Lipinski definition) is 1. The standard InChI is InChI=1S/C15H20N4O2/c1-9-4-5-13-12(6-9)14(18-21-13)15(20)16-7-11-8-19(3)17-10(11)2/h8-9H,4-7H2,1-3H3,(H,16,20)/t9-/m0/s1. The van der Waals surface area contributed by atoms with E-state index in [2.05, 4.69) is 22.5 Å². The lowest BCUT2D eigenvalue weighted by Gasteiger charge is -2.16. The fourth-order valence-corrected chi connectivity index (χ4v) is 2.84. The Kier molecular flexibility index (Phi) is 3.53. The van der Waals surface area contributed by atoms with E-state index in [4.69, 9.17) is 4.52 Å². The smallest absolute Gasteiger partial charge is 0.274 e. The molecule has 1 aliphatic carbocycles. The molecule has 1 amide bonds. The Hall–Kier alpha value is -2.11. The van der Waals surface area contributed by atoms with Gasteiger partial charge in [0.25, 0.3) is 5.91 Å². The summed E-state index contributed by atoms with van der Waals surface area (Å²) in [5.41, 5.74) is 3.36. The summed E-state index contributed by atoms with van der Waals surface area (Å²) in [4.78, 5) is 12.3. The van der Waals surface area contributed by atoms with Crippen LogP contribution in [0.3, 0.4) is 0 Å². The summed E-state index contributed by atoms with van der Waals surface area (Å²) in [6.07, 6.45) is 4.75. The first-order valence-corrected chi connectivity index (χ1v) is 7.29. The first kappa shape index (κ1) is 13.9. The van der Waals surface area contributed by atoms with Gasteiger partial charge in [-0.25, -0.2) is 0 Å². The minimum absolute atomic E-state index is 0.169. The van der Waals surface area contributed by atoms with Gasteiger partial charge >= 0.3 is 0 Å². The number of nitrogens with one attached hydrogen (secondary N) is 1. The number of aryl methyl sites for hydroxylation is 3. The molecule has 1 aliphatic rings. The van der Waals surface area contributed by atoms with Crippen LogP contribution in [-0.2, 0) is 26.4 Å². The Morgan fingerprint density at radius 3 is 3.10 bits per heavy atom. The van der Waals surface area contributed by atoms with Gasteiger partial charge in [0.05, 0.1) is 5.69 Å². The van der Waals surface area contributed by atoms with Crippen LogP contribution in [0.25, 0.3) is 0 Å². The number of carbonyl (C=O) groups is 1. The van der Waals surface area contributed by atoms with Crippen molar-refractivity contribution in [2.75, 3.05) is 0 Å². The average molecular weight is 288 g/mol. The molecule has 6 heteroatoms. The van der Waals surface area contributed by atoms with Crippen LogP contribution in [-0.4, -0.2) is 20.8 Å². The normalized spacial score (nSPS) is 17.6. The van der Waals surface area contributed by atoms with Crippen molar-refractivity contribution in [1.29, 1.82) is 0 Å². The number of hydrogen-bond acceptors (Lipinski definition) is 4. The summed E-state index contributed by atoms with van der Waals surface area (Å²) in [6, 6.07) is 0. The van der Waals surface area contributed by atoms with Gasteiger partial charge in [0.15, 0.2) is 5.69 Å². The Morgan fingerprint density at radius 2 is 2.38 bits per heavy atom. The van der Waals surface area contributed by atoms with Crippen molar-refractivity contribution in [2.45, 2.75) is 39.7 Å². The van der Waals surface area contributed by atoms with Crippen molar-refractivity contribution in [3.8, 4) is 0 Å². The Morgan fingerprint density at radius 1 is 1.57 bits per heavy atom. The lowest BCUT2D eigenvalue weighted by Crippen LogP contribution is -2.25. The third-order valence-electron chi connectivity index (χ3n) is 4.06. The molecule has 0 aromatic carbocycles. The highest BCUT2D eigenvalue weighted by Gasteiger charge is 2.26. The summed E-state index contributed by atoms with van der Waals surface area (Å²) in [7, 11) is 1.87. The van der Waals surface area contributed by atoms with Crippen molar-refractivity contribution in [3.05, 3.63) is 34.5 Å². The molecular weight excluding hydrogens is 268 g/mol. The second kappa shape index (κ2) is 5.35. The molecule has 112 valence electrons. The minimum Gasteiger partial charge on any atom is -0.360 e. The minimum atomic E-state index is -0.169. The SMILES string of the molecule is Cc1nn(C)cc1CNC(=O)c1noc2c1C[C@@H](C)CC2. The molecule has 1 N–H and O–H groups in total. The van der Waals surface area contributed by atoms with Crippen LogP contribution in [0.2, 0.25) is 0 Å². The second-order valence-electron chi connectivity index (χ2n) is 5.88. The monoisotopic (exact) mass is 288 g/mol. The van der Waals surface area contributed by atoms with Crippen LogP contribution >= 0.6 is 0 Å². The molecule has 0 bridgehead atoms. The van der Waals surface area contributed by atoms with E-state index in [1.54, 1.807) is 4.68 Å². The first-order valence-electron chi connectivity index (χ1n) is 7.29. The van der Waals surface area contributed by atoms with E-state index >= 15 is 0 Å². The van der Waals surface area contributed by atoms with Crippen LogP contribution < -0.4 is 5.32 Å². The lowest BCUT2D eigenvalue weighted by molar-refractivity contribution is 0.0941. The van der Waals surface area contributed by atoms with Crippen LogP contribution in [0.1, 0.15) is 46.4 Å². The molecule has 21 heavy (non-hydrogen) atoms. The quantitative estimate of drug-likeness (QED) is 0.934. The fourth-order valence-electron chi connectivity index (χ4n) is 2.84. The maximum absolute atomic E-state index is 12.3. The first-order chi connectivity index (χ1) is 10.0. The van der Waals surface area contributed by atoms with E-state index < -0.39 is 0 Å². The Labute approximate surface area is 123 Å². The van der Waals surface area contributed by atoms with Gasteiger partial charge in [-0.05, 0) is 25.7 Å². The second-order valence-corrected chi connectivity index (χ2v) is 5.88. The largest absolute Gasteiger partial charge is 0.360 e. The Balaban J connectivity index is 1.72. The fraction of sp³-hybridized carbons (Fsp3) is 0.533. The Bertz CT molecular complexity index is 671. The predicted molar refractivity (Wildman–Crippen MR) is 76.8 cm³/mol. The zero-order valence-electron chi connectivity index (χ0n) is 12.6. The van der Waals surface area contributed by atoms with Crippen molar-refractivity contribution in [3.63, 3.8) is 0 Å². The summed E-state index contributed by atoms with van der Waals surface area (Å²) in [5, 5.41) is 11.1. The van der Waals surface area contributed by atoms with Gasteiger partial charge in [0, 0.05) is 37.3 Å². The van der Waals surface area contributed by atoms with Gasteiger partial charge in [-0.1, -0.05) is 12.1 Å². The maximum atomic E-state index is 12.3. The van der Waals surface area contributed by atoms with Gasteiger partial charge < -0.3 is 9.84 Å². The molecule has 0 unspecified atom stereocenters. The molecule has 2 heterocycles. The van der Waals surface area contributed by atoms with Gasteiger partial charge in [0.2, 0.25) is 0 Å². The van der Waals surface area contributed by atoms with E-state index in [-0.39, 0.29) is 5.91 Å². The van der Waals surface area contributed by atoms with Crippen LogP contribution in [0, 0.1) is 12.8 Å². The number of fused-ring (bicyclic) bond motifs is 1. The van der Waals surface area contributed by atoms with Crippen LogP contribution in [0.4, 0.5) is 0 Å². The number of rotatable bonds is 3. The third-order valence-corrected chi connectivity index (χ3v) is 4.06. The number of nitrogens with zero attached hydrogens (tertiary/aromatic N) is 3. The summed E-state index contributed by atoms with van der Waals surface area (Å²) >= 11 is 0. The van der Waals surface area contributed by atoms with E-state index in [0.717, 1.165) is 41.8 Å². The molecule has 2 aromatic heterocycles. The van der Waals surface area contributed by atoms with Crippen molar-refractivity contribution >= 4 is 5.91 Å². The highest BCUT2D eigenvalue weighted by Crippen LogP contribution is 2.27. The van der Waals surface area contributed by atoms with Crippen molar-refractivity contribution in [1.82, 2.24) is 20.3 Å². The van der Waals surface area contributed by atoms with Gasteiger partial charge in [-0.2, -0.15) is 5.10 Å². The lowest BCUT2D eigenvalue weighted by atomic mass is 9.88.